The summed E-state index contributed by atoms with van der Waals surface area (Å²) < 4.78 is 28.9. The zero-order valence-electron chi connectivity index (χ0n) is 23.2. The maximum absolute atomic E-state index is 13.9. The maximum atomic E-state index is 13.9. The van der Waals surface area contributed by atoms with E-state index in [9.17, 15) is 18.0 Å². The van der Waals surface area contributed by atoms with Gasteiger partial charge in [0.2, 0.25) is 11.8 Å². The average Bonchev–Trinajstić information content (AvgIpc) is 2.86. The Kier molecular flexibility index (Phi) is 9.46. The summed E-state index contributed by atoms with van der Waals surface area (Å²) in [4.78, 5) is 28.5. The smallest absolute Gasteiger partial charge is 0.264 e. The fraction of sp³-hybridized carbons (Fsp3) is 0.333. The Morgan fingerprint density at radius 3 is 2.10 bits per heavy atom. The highest BCUT2D eigenvalue weighted by molar-refractivity contribution is 7.92. The normalized spacial score (nSPS) is 12.5. The third kappa shape index (κ3) is 7.83. The first-order chi connectivity index (χ1) is 18.2. The Morgan fingerprint density at radius 1 is 0.923 bits per heavy atom. The molecule has 0 bridgehead atoms. The number of benzene rings is 3. The minimum Gasteiger partial charge on any atom is -0.350 e. The summed E-state index contributed by atoms with van der Waals surface area (Å²) in [5.74, 6) is -0.837. The summed E-state index contributed by atoms with van der Waals surface area (Å²) in [5.41, 5.74) is 2.55. The Morgan fingerprint density at radius 2 is 1.54 bits per heavy atom. The van der Waals surface area contributed by atoms with Crippen LogP contribution in [-0.2, 0) is 26.2 Å². The van der Waals surface area contributed by atoms with Gasteiger partial charge in [-0.2, -0.15) is 0 Å². The van der Waals surface area contributed by atoms with Crippen LogP contribution in [0.2, 0.25) is 5.02 Å². The van der Waals surface area contributed by atoms with Crippen LogP contribution >= 0.6 is 11.6 Å². The molecule has 0 radical (unpaired) electrons. The molecule has 0 saturated heterocycles. The number of halogens is 1. The van der Waals surface area contributed by atoms with Gasteiger partial charge < -0.3 is 10.2 Å². The lowest BCUT2D eigenvalue weighted by Gasteiger charge is -2.33. The molecule has 0 saturated carbocycles. The first kappa shape index (κ1) is 30.2. The van der Waals surface area contributed by atoms with Crippen molar-refractivity contribution in [3.63, 3.8) is 0 Å². The molecule has 3 aromatic carbocycles. The van der Waals surface area contributed by atoms with E-state index in [4.69, 9.17) is 11.6 Å². The van der Waals surface area contributed by atoms with Gasteiger partial charge in [-0.3, -0.25) is 13.9 Å². The second-order valence-electron chi connectivity index (χ2n) is 10.7. The standard InChI is InChI=1S/C30H36ClN3O4S/c1-21-12-15-26(18-22(21)2)34(39(37,38)27-16-13-25(31)14-17-27)20-28(35)33(19-24-10-8-7-9-11-24)23(3)29(36)32-30(4,5)6/h7-18,23H,19-20H2,1-6H3,(H,32,36)/t23-/m0/s1. The average molecular weight is 570 g/mol. The molecule has 2 amide bonds. The van der Waals surface area contributed by atoms with Gasteiger partial charge in [0.1, 0.15) is 12.6 Å². The molecule has 1 N–H and O–H groups in total. The van der Waals surface area contributed by atoms with Gasteiger partial charge in [0, 0.05) is 17.1 Å². The van der Waals surface area contributed by atoms with Crippen molar-refractivity contribution >= 4 is 39.1 Å². The summed E-state index contributed by atoms with van der Waals surface area (Å²) in [6, 6.07) is 19.5. The molecule has 0 unspecified atom stereocenters. The summed E-state index contributed by atoms with van der Waals surface area (Å²) in [5, 5.41) is 3.32. The van der Waals surface area contributed by atoms with Crippen LogP contribution in [-0.4, -0.2) is 43.3 Å². The molecule has 0 aliphatic rings. The minimum atomic E-state index is -4.15. The number of carbonyl (C=O) groups excluding carboxylic acids is 2. The van der Waals surface area contributed by atoms with Gasteiger partial charge in [0.05, 0.1) is 10.6 Å². The number of nitrogens with zero attached hydrogens (tertiary/aromatic N) is 2. The molecule has 3 rings (SSSR count). The number of aryl methyl sites for hydroxylation is 2. The highest BCUT2D eigenvalue weighted by atomic mass is 35.5. The predicted molar refractivity (Wildman–Crippen MR) is 156 cm³/mol. The second kappa shape index (κ2) is 12.2. The van der Waals surface area contributed by atoms with Gasteiger partial charge >= 0.3 is 0 Å². The first-order valence-electron chi connectivity index (χ1n) is 12.7. The van der Waals surface area contributed by atoms with E-state index < -0.39 is 34.1 Å². The Bertz CT molecular complexity index is 1420. The first-order valence-corrected chi connectivity index (χ1v) is 14.5. The number of anilines is 1. The molecule has 1 atom stereocenters. The molecule has 0 heterocycles. The molecule has 0 aliphatic carbocycles. The van der Waals surface area contributed by atoms with Crippen LogP contribution in [0.25, 0.3) is 0 Å². The van der Waals surface area contributed by atoms with Crippen molar-refractivity contribution in [2.75, 3.05) is 10.8 Å². The predicted octanol–water partition coefficient (Wildman–Crippen LogP) is 5.48. The van der Waals surface area contributed by atoms with Crippen LogP contribution in [0.3, 0.4) is 0 Å². The van der Waals surface area contributed by atoms with Crippen LogP contribution in [0.5, 0.6) is 0 Å². The highest BCUT2D eigenvalue weighted by Gasteiger charge is 2.33. The molecule has 0 aliphatic heterocycles. The zero-order valence-corrected chi connectivity index (χ0v) is 24.8. The lowest BCUT2D eigenvalue weighted by molar-refractivity contribution is -0.140. The number of hydrogen-bond donors (Lipinski definition) is 1. The molecule has 7 nitrogen and oxygen atoms in total. The molecule has 9 heteroatoms. The number of hydrogen-bond acceptors (Lipinski definition) is 4. The van der Waals surface area contributed by atoms with Gasteiger partial charge in [0.25, 0.3) is 10.0 Å². The van der Waals surface area contributed by atoms with E-state index in [1.54, 1.807) is 19.1 Å². The maximum Gasteiger partial charge on any atom is 0.264 e. The van der Waals surface area contributed by atoms with Crippen LogP contribution in [0.1, 0.15) is 44.4 Å². The zero-order chi connectivity index (χ0) is 29.0. The van der Waals surface area contributed by atoms with Crippen molar-refractivity contribution in [1.29, 1.82) is 0 Å². The van der Waals surface area contributed by atoms with Crippen LogP contribution < -0.4 is 9.62 Å². The quantitative estimate of drug-likeness (QED) is 0.369. The number of carbonyl (C=O) groups is 2. The number of nitrogens with one attached hydrogen (secondary N) is 1. The molecule has 0 aromatic heterocycles. The molecular weight excluding hydrogens is 534 g/mol. The summed E-state index contributed by atoms with van der Waals surface area (Å²) in [6.45, 7) is 10.7. The lowest BCUT2D eigenvalue weighted by atomic mass is 10.1. The minimum absolute atomic E-state index is 0.00561. The molecule has 39 heavy (non-hydrogen) atoms. The van der Waals surface area contributed by atoms with Crippen molar-refractivity contribution in [3.8, 4) is 0 Å². The third-order valence-corrected chi connectivity index (χ3v) is 8.36. The molecule has 3 aromatic rings. The second-order valence-corrected chi connectivity index (χ2v) is 13.0. The monoisotopic (exact) mass is 569 g/mol. The third-order valence-electron chi connectivity index (χ3n) is 6.32. The van der Waals surface area contributed by atoms with Crippen molar-refractivity contribution < 1.29 is 18.0 Å². The van der Waals surface area contributed by atoms with E-state index in [0.29, 0.717) is 10.7 Å². The summed E-state index contributed by atoms with van der Waals surface area (Å²) in [6.07, 6.45) is 0. The van der Waals surface area contributed by atoms with E-state index >= 15 is 0 Å². The van der Waals surface area contributed by atoms with Crippen molar-refractivity contribution in [3.05, 3.63) is 94.5 Å². The number of rotatable bonds is 9. The molecule has 0 fully saturated rings. The van der Waals surface area contributed by atoms with Crippen LogP contribution in [0.15, 0.2) is 77.7 Å². The highest BCUT2D eigenvalue weighted by Crippen LogP contribution is 2.27. The van der Waals surface area contributed by atoms with Crippen molar-refractivity contribution in [1.82, 2.24) is 10.2 Å². The van der Waals surface area contributed by atoms with Gasteiger partial charge in [-0.1, -0.05) is 48.0 Å². The largest absolute Gasteiger partial charge is 0.350 e. The Labute approximate surface area is 236 Å². The summed E-state index contributed by atoms with van der Waals surface area (Å²) in [7, 11) is -4.15. The van der Waals surface area contributed by atoms with Gasteiger partial charge in [0.15, 0.2) is 0 Å². The van der Waals surface area contributed by atoms with Gasteiger partial charge in [-0.05, 0) is 94.6 Å². The van der Waals surface area contributed by atoms with Crippen LogP contribution in [0.4, 0.5) is 5.69 Å². The lowest BCUT2D eigenvalue weighted by Crippen LogP contribution is -2.54. The SMILES string of the molecule is Cc1ccc(N(CC(=O)N(Cc2ccccc2)[C@@H](C)C(=O)NC(C)(C)C)S(=O)(=O)c2ccc(Cl)cc2)cc1C. The molecular formula is C30H36ClN3O4S. The van der Waals surface area contributed by atoms with E-state index in [1.165, 1.54) is 29.2 Å². The van der Waals surface area contributed by atoms with E-state index in [0.717, 1.165) is 21.0 Å². The van der Waals surface area contributed by atoms with E-state index in [2.05, 4.69) is 5.32 Å². The van der Waals surface area contributed by atoms with E-state index in [-0.39, 0.29) is 17.3 Å². The van der Waals surface area contributed by atoms with Gasteiger partial charge in [-0.25, -0.2) is 8.42 Å². The topological polar surface area (TPSA) is 86.8 Å². The summed E-state index contributed by atoms with van der Waals surface area (Å²) >= 11 is 6.00. The number of sulfonamides is 1. The Balaban J connectivity index is 2.05. The van der Waals surface area contributed by atoms with Crippen molar-refractivity contribution in [2.24, 2.45) is 0 Å². The Hall–Kier alpha value is -3.36. The number of amides is 2. The van der Waals surface area contributed by atoms with Crippen molar-refractivity contribution in [2.45, 2.75) is 64.6 Å². The van der Waals surface area contributed by atoms with Crippen LogP contribution in [0, 0.1) is 13.8 Å². The molecule has 208 valence electrons. The fourth-order valence-electron chi connectivity index (χ4n) is 3.98. The fourth-order valence-corrected chi connectivity index (χ4v) is 5.51. The molecule has 0 spiro atoms. The van der Waals surface area contributed by atoms with Gasteiger partial charge in [-0.15, -0.1) is 0 Å². The van der Waals surface area contributed by atoms with E-state index in [1.807, 2.05) is 71.0 Å².